The lowest BCUT2D eigenvalue weighted by Crippen LogP contribution is -2.23. The Morgan fingerprint density at radius 2 is 2.20 bits per heavy atom. The van der Waals surface area contributed by atoms with Crippen LogP contribution in [0.25, 0.3) is 0 Å². The molecule has 0 radical (unpaired) electrons. The van der Waals surface area contributed by atoms with E-state index in [4.69, 9.17) is 16.3 Å². The highest BCUT2D eigenvalue weighted by Gasteiger charge is 2.10. The molecule has 1 N–H and O–H groups in total. The van der Waals surface area contributed by atoms with Gasteiger partial charge in [0.2, 0.25) is 5.88 Å². The van der Waals surface area contributed by atoms with Crippen LogP contribution >= 0.6 is 24.2 Å². The number of nitrogens with zero attached hydrogens (tertiary/aromatic N) is 1. The molecule has 1 heterocycles. The first-order chi connectivity index (χ1) is 9.60. The molecular weight excluding hydrogens is 296 g/mol. The quantitative estimate of drug-likeness (QED) is 0.854. The molecular formula is C14H13ClN2O2S. The Morgan fingerprint density at radius 1 is 1.40 bits per heavy atom. The molecule has 6 heteroatoms. The highest BCUT2D eigenvalue weighted by Crippen LogP contribution is 2.19. The predicted molar refractivity (Wildman–Crippen MR) is 80.7 cm³/mol. The molecule has 2 rings (SSSR count). The topological polar surface area (TPSA) is 51.2 Å². The third kappa shape index (κ3) is 3.65. The van der Waals surface area contributed by atoms with Crippen LogP contribution in [0.4, 0.5) is 0 Å². The van der Waals surface area contributed by atoms with Crippen LogP contribution < -0.4 is 10.1 Å². The van der Waals surface area contributed by atoms with E-state index in [0.29, 0.717) is 27.9 Å². The molecule has 1 aromatic heterocycles. The van der Waals surface area contributed by atoms with Gasteiger partial charge in [-0.15, -0.1) is 12.6 Å². The van der Waals surface area contributed by atoms with Crippen LogP contribution in [0.5, 0.6) is 5.88 Å². The van der Waals surface area contributed by atoms with Crippen molar-refractivity contribution in [2.45, 2.75) is 11.4 Å². The number of hydrogen-bond acceptors (Lipinski definition) is 4. The summed E-state index contributed by atoms with van der Waals surface area (Å²) in [6.45, 7) is 0.366. The van der Waals surface area contributed by atoms with E-state index in [-0.39, 0.29) is 5.91 Å². The van der Waals surface area contributed by atoms with Gasteiger partial charge in [0, 0.05) is 23.7 Å². The van der Waals surface area contributed by atoms with Crippen LogP contribution in [-0.2, 0) is 6.54 Å². The normalized spacial score (nSPS) is 10.2. The van der Waals surface area contributed by atoms with E-state index in [1.54, 1.807) is 43.6 Å². The van der Waals surface area contributed by atoms with Gasteiger partial charge in [-0.2, -0.15) is 0 Å². The summed E-state index contributed by atoms with van der Waals surface area (Å²) in [5.74, 6) is 0.258. The number of methoxy groups -OCH3 is 1. The van der Waals surface area contributed by atoms with Gasteiger partial charge in [-0.05, 0) is 29.8 Å². The Kier molecular flexibility index (Phi) is 4.87. The summed E-state index contributed by atoms with van der Waals surface area (Å²) in [6, 6.07) is 8.58. The highest BCUT2D eigenvalue weighted by atomic mass is 35.5. The standard InChI is InChI=1S/C14H13ClN2O2S/c1-19-13-6-9(4-5-16-13)8-17-14(18)11-7-10(20)2-3-12(11)15/h2-7,20H,8H2,1H3,(H,17,18). The SMILES string of the molecule is COc1cc(CNC(=O)c2cc(S)ccc2Cl)ccn1. The smallest absolute Gasteiger partial charge is 0.253 e. The largest absolute Gasteiger partial charge is 0.481 e. The van der Waals surface area contributed by atoms with Crippen molar-refractivity contribution in [1.82, 2.24) is 10.3 Å². The van der Waals surface area contributed by atoms with Gasteiger partial charge in [-0.3, -0.25) is 4.79 Å². The maximum Gasteiger partial charge on any atom is 0.253 e. The number of hydrogen-bond donors (Lipinski definition) is 2. The van der Waals surface area contributed by atoms with Gasteiger partial charge in [0.15, 0.2) is 0 Å². The van der Waals surface area contributed by atoms with Gasteiger partial charge in [-0.1, -0.05) is 11.6 Å². The lowest BCUT2D eigenvalue weighted by Gasteiger charge is -2.08. The maximum atomic E-state index is 12.1. The fraction of sp³-hybridized carbons (Fsp3) is 0.143. The van der Waals surface area contributed by atoms with Gasteiger partial charge in [0.1, 0.15) is 0 Å². The number of aromatic nitrogens is 1. The first-order valence-corrected chi connectivity index (χ1v) is 6.68. The highest BCUT2D eigenvalue weighted by molar-refractivity contribution is 7.80. The number of pyridine rings is 1. The monoisotopic (exact) mass is 308 g/mol. The van der Waals surface area contributed by atoms with Crippen LogP contribution in [0.3, 0.4) is 0 Å². The first kappa shape index (κ1) is 14.7. The van der Waals surface area contributed by atoms with E-state index >= 15 is 0 Å². The van der Waals surface area contributed by atoms with Gasteiger partial charge in [0.25, 0.3) is 5.91 Å². The molecule has 20 heavy (non-hydrogen) atoms. The molecule has 0 saturated heterocycles. The van der Waals surface area contributed by atoms with Crippen LogP contribution in [0.15, 0.2) is 41.4 Å². The molecule has 0 unspecified atom stereocenters. The Labute approximate surface area is 127 Å². The Hall–Kier alpha value is -1.72. The number of amides is 1. The summed E-state index contributed by atoms with van der Waals surface area (Å²) in [6.07, 6.45) is 1.63. The number of carbonyl (C=O) groups is 1. The fourth-order valence-electron chi connectivity index (χ4n) is 1.64. The Balaban J connectivity index is 2.06. The molecule has 1 aromatic carbocycles. The molecule has 0 aliphatic heterocycles. The third-order valence-electron chi connectivity index (χ3n) is 2.66. The first-order valence-electron chi connectivity index (χ1n) is 5.86. The second-order valence-electron chi connectivity index (χ2n) is 4.05. The molecule has 0 bridgehead atoms. The predicted octanol–water partition coefficient (Wildman–Crippen LogP) is 2.96. The minimum absolute atomic E-state index is 0.248. The van der Waals surface area contributed by atoms with E-state index < -0.39 is 0 Å². The van der Waals surface area contributed by atoms with Crippen molar-refractivity contribution in [1.29, 1.82) is 0 Å². The zero-order valence-corrected chi connectivity index (χ0v) is 12.4. The number of rotatable bonds is 4. The average Bonchev–Trinajstić information content (AvgIpc) is 2.47. The number of halogens is 1. The zero-order valence-electron chi connectivity index (χ0n) is 10.8. The summed E-state index contributed by atoms with van der Waals surface area (Å²) >= 11 is 10.2. The van der Waals surface area contributed by atoms with E-state index in [0.717, 1.165) is 5.56 Å². The van der Waals surface area contributed by atoms with E-state index in [9.17, 15) is 4.79 Å². The molecule has 0 aliphatic carbocycles. The summed E-state index contributed by atoms with van der Waals surface area (Å²) in [5.41, 5.74) is 1.29. The minimum atomic E-state index is -0.248. The number of benzene rings is 1. The minimum Gasteiger partial charge on any atom is -0.481 e. The number of nitrogens with one attached hydrogen (secondary N) is 1. The number of ether oxygens (including phenoxy) is 1. The molecule has 1 amide bonds. The lowest BCUT2D eigenvalue weighted by molar-refractivity contribution is 0.0951. The average molecular weight is 309 g/mol. The van der Waals surface area contributed by atoms with E-state index in [2.05, 4.69) is 22.9 Å². The van der Waals surface area contributed by atoms with Crippen molar-refractivity contribution in [3.05, 3.63) is 52.7 Å². The third-order valence-corrected chi connectivity index (χ3v) is 3.26. The van der Waals surface area contributed by atoms with Crippen LogP contribution in [0.2, 0.25) is 5.02 Å². The number of thiol groups is 1. The van der Waals surface area contributed by atoms with E-state index in [1.165, 1.54) is 0 Å². The molecule has 0 fully saturated rings. The summed E-state index contributed by atoms with van der Waals surface area (Å²) in [5, 5.41) is 3.19. The Bertz CT molecular complexity index is 634. The second kappa shape index (κ2) is 6.63. The van der Waals surface area contributed by atoms with Crippen molar-refractivity contribution in [2.75, 3.05) is 7.11 Å². The summed E-state index contributed by atoms with van der Waals surface area (Å²) in [7, 11) is 1.54. The van der Waals surface area contributed by atoms with Gasteiger partial charge < -0.3 is 10.1 Å². The maximum absolute atomic E-state index is 12.1. The van der Waals surface area contributed by atoms with Crippen LogP contribution in [0.1, 0.15) is 15.9 Å². The van der Waals surface area contributed by atoms with Crippen molar-refractivity contribution in [3.8, 4) is 5.88 Å². The Morgan fingerprint density at radius 3 is 2.95 bits per heavy atom. The van der Waals surface area contributed by atoms with Gasteiger partial charge >= 0.3 is 0 Å². The summed E-state index contributed by atoms with van der Waals surface area (Å²) in [4.78, 5) is 16.8. The molecule has 104 valence electrons. The number of carbonyl (C=O) groups excluding carboxylic acids is 1. The van der Waals surface area contributed by atoms with Gasteiger partial charge in [0.05, 0.1) is 17.7 Å². The molecule has 2 aromatic rings. The molecule has 4 nitrogen and oxygen atoms in total. The molecule has 0 atom stereocenters. The van der Waals surface area contributed by atoms with Crippen LogP contribution in [-0.4, -0.2) is 18.0 Å². The van der Waals surface area contributed by atoms with E-state index in [1.807, 2.05) is 0 Å². The van der Waals surface area contributed by atoms with Crippen molar-refractivity contribution >= 4 is 30.1 Å². The van der Waals surface area contributed by atoms with Crippen molar-refractivity contribution < 1.29 is 9.53 Å². The molecule has 0 spiro atoms. The fourth-order valence-corrected chi connectivity index (χ4v) is 2.04. The van der Waals surface area contributed by atoms with Crippen molar-refractivity contribution in [2.24, 2.45) is 0 Å². The zero-order chi connectivity index (χ0) is 14.5. The van der Waals surface area contributed by atoms with Gasteiger partial charge in [-0.25, -0.2) is 4.98 Å². The lowest BCUT2D eigenvalue weighted by atomic mass is 10.2. The molecule has 0 aliphatic rings. The van der Waals surface area contributed by atoms with Crippen molar-refractivity contribution in [3.63, 3.8) is 0 Å². The van der Waals surface area contributed by atoms with Crippen LogP contribution in [0, 0.1) is 0 Å². The second-order valence-corrected chi connectivity index (χ2v) is 4.98. The molecule has 0 saturated carbocycles. The summed E-state index contributed by atoms with van der Waals surface area (Å²) < 4.78 is 5.03.